The molecule has 2 N–H and O–H groups in total. The van der Waals surface area contributed by atoms with Crippen LogP contribution < -0.4 is 10.6 Å². The van der Waals surface area contributed by atoms with E-state index >= 15 is 0 Å². The van der Waals surface area contributed by atoms with Crippen LogP contribution in [0.4, 0.5) is 10.6 Å². The van der Waals surface area contributed by atoms with Crippen molar-refractivity contribution in [2.75, 3.05) is 5.32 Å². The summed E-state index contributed by atoms with van der Waals surface area (Å²) in [6.07, 6.45) is 4.46. The van der Waals surface area contributed by atoms with Crippen LogP contribution in [0.5, 0.6) is 0 Å². The Bertz CT molecular complexity index is 1730. The standard InChI is InChI=1S/C35H40N6O7/c1-4-24-17-26(30-29(24)47-35(2,3)48-30)41-21-38-28-31(36-20-37-32(28)41)40-34(44)39-25(33(43)46-19-23-13-9-6-10-14-23)15-16-27(42)45-18-22-11-7-5-8-12-22/h5-14,20-21,24-26,29-30H,4,15-19H2,1-3H3,(H2,36,37,39,40,44)/t24-,25-,26+,29+,30-/m0/s1. The van der Waals surface area contributed by atoms with E-state index in [1.54, 1.807) is 6.33 Å². The molecule has 6 rings (SSSR count). The average molecular weight is 657 g/mol. The van der Waals surface area contributed by atoms with Gasteiger partial charge in [0.2, 0.25) is 0 Å². The molecule has 2 aromatic carbocycles. The molecular formula is C35H40N6O7. The first-order valence-corrected chi connectivity index (χ1v) is 16.2. The van der Waals surface area contributed by atoms with Crippen molar-refractivity contribution in [3.63, 3.8) is 0 Å². The summed E-state index contributed by atoms with van der Waals surface area (Å²) in [5, 5.41) is 5.35. The number of anilines is 1. The van der Waals surface area contributed by atoms with Gasteiger partial charge in [-0.25, -0.2) is 24.5 Å². The number of carbonyl (C=O) groups is 3. The molecular weight excluding hydrogens is 616 g/mol. The summed E-state index contributed by atoms with van der Waals surface area (Å²) >= 11 is 0. The fraction of sp³-hybridized carbons (Fsp3) is 0.429. The Morgan fingerprint density at radius 1 is 0.938 bits per heavy atom. The Labute approximate surface area is 278 Å². The van der Waals surface area contributed by atoms with Crippen LogP contribution in [0.3, 0.4) is 0 Å². The minimum absolute atomic E-state index is 0.00966. The molecule has 13 heteroatoms. The summed E-state index contributed by atoms with van der Waals surface area (Å²) in [4.78, 5) is 52.3. The molecule has 13 nitrogen and oxygen atoms in total. The number of rotatable bonds is 12. The SMILES string of the molecule is CC[C@H]1C[C@@H](n2cnc3c(NC(=O)N[C@@H](CCC(=O)OCc4ccccc4)C(=O)OCc4ccccc4)ncnc32)[C@@H]2OC(C)(C)O[C@H]12. The molecule has 5 atom stereocenters. The van der Waals surface area contributed by atoms with Gasteiger partial charge in [-0.05, 0) is 43.7 Å². The van der Waals surface area contributed by atoms with Crippen molar-refractivity contribution in [1.82, 2.24) is 24.8 Å². The van der Waals surface area contributed by atoms with Gasteiger partial charge in [0.1, 0.15) is 31.7 Å². The molecule has 1 aliphatic carbocycles. The second-order valence-electron chi connectivity index (χ2n) is 12.5. The van der Waals surface area contributed by atoms with Gasteiger partial charge in [0, 0.05) is 6.42 Å². The molecule has 0 unspecified atom stereocenters. The number of benzene rings is 2. The Balaban J connectivity index is 1.13. The highest BCUT2D eigenvalue weighted by molar-refractivity contribution is 5.97. The number of nitrogens with one attached hydrogen (secondary N) is 2. The lowest BCUT2D eigenvalue weighted by Crippen LogP contribution is -2.44. The highest BCUT2D eigenvalue weighted by Crippen LogP contribution is 2.48. The Hall–Kier alpha value is -4.88. The van der Waals surface area contributed by atoms with Crippen LogP contribution in [-0.4, -0.2) is 61.5 Å². The number of fused-ring (bicyclic) bond motifs is 2. The van der Waals surface area contributed by atoms with Crippen molar-refractivity contribution in [2.45, 2.75) is 89.7 Å². The second kappa shape index (κ2) is 14.5. The van der Waals surface area contributed by atoms with Crippen molar-refractivity contribution in [3.8, 4) is 0 Å². The maximum absolute atomic E-state index is 13.3. The quantitative estimate of drug-likeness (QED) is 0.197. The molecule has 0 radical (unpaired) electrons. The van der Waals surface area contributed by atoms with E-state index in [4.69, 9.17) is 18.9 Å². The van der Waals surface area contributed by atoms with Gasteiger partial charge in [0.05, 0.1) is 18.5 Å². The van der Waals surface area contributed by atoms with Gasteiger partial charge in [-0.15, -0.1) is 0 Å². The lowest BCUT2D eigenvalue weighted by Gasteiger charge is -2.24. The average Bonchev–Trinajstić information content (AvgIpc) is 3.76. The molecule has 48 heavy (non-hydrogen) atoms. The third-order valence-electron chi connectivity index (χ3n) is 8.72. The molecule has 1 saturated carbocycles. The van der Waals surface area contributed by atoms with Gasteiger partial charge in [0.15, 0.2) is 22.8 Å². The van der Waals surface area contributed by atoms with Crippen LogP contribution in [-0.2, 0) is 41.8 Å². The lowest BCUT2D eigenvalue weighted by atomic mass is 10.0. The first-order valence-electron chi connectivity index (χ1n) is 16.2. The number of carbonyl (C=O) groups excluding carboxylic acids is 3. The third kappa shape index (κ3) is 7.63. The summed E-state index contributed by atoms with van der Waals surface area (Å²) in [6, 6.07) is 16.5. The predicted molar refractivity (Wildman–Crippen MR) is 174 cm³/mol. The van der Waals surface area contributed by atoms with E-state index in [1.807, 2.05) is 79.1 Å². The molecule has 1 aliphatic heterocycles. The summed E-state index contributed by atoms with van der Waals surface area (Å²) in [6.45, 7) is 6.09. The van der Waals surface area contributed by atoms with Crippen molar-refractivity contribution < 1.29 is 33.3 Å². The fourth-order valence-electron chi connectivity index (χ4n) is 6.37. The molecule has 0 bridgehead atoms. The smallest absolute Gasteiger partial charge is 0.329 e. The first kappa shape index (κ1) is 33.0. The molecule has 2 amide bonds. The van der Waals surface area contributed by atoms with Gasteiger partial charge < -0.3 is 28.8 Å². The van der Waals surface area contributed by atoms with E-state index < -0.39 is 29.8 Å². The topological polar surface area (TPSA) is 156 Å². The summed E-state index contributed by atoms with van der Waals surface area (Å²) in [7, 11) is 0. The number of aromatic nitrogens is 4. The monoisotopic (exact) mass is 656 g/mol. The van der Waals surface area contributed by atoms with Crippen LogP contribution in [0.25, 0.3) is 11.2 Å². The van der Waals surface area contributed by atoms with Crippen LogP contribution >= 0.6 is 0 Å². The van der Waals surface area contributed by atoms with Crippen LogP contribution in [0, 0.1) is 5.92 Å². The zero-order chi connectivity index (χ0) is 33.7. The normalized spacial score (nSPS) is 21.7. The van der Waals surface area contributed by atoms with Crippen molar-refractivity contribution >= 4 is 35.0 Å². The van der Waals surface area contributed by atoms with Crippen molar-refractivity contribution in [2.24, 2.45) is 5.92 Å². The van der Waals surface area contributed by atoms with E-state index in [-0.39, 0.29) is 50.1 Å². The first-order chi connectivity index (χ1) is 23.2. The zero-order valence-corrected chi connectivity index (χ0v) is 27.2. The number of amides is 2. The summed E-state index contributed by atoms with van der Waals surface area (Å²) in [5.74, 6) is -1.40. The zero-order valence-electron chi connectivity index (χ0n) is 27.2. The molecule has 4 aromatic rings. The lowest BCUT2D eigenvalue weighted by molar-refractivity contribution is -0.160. The number of esters is 2. The van der Waals surface area contributed by atoms with Gasteiger partial charge >= 0.3 is 18.0 Å². The number of imidazole rings is 1. The maximum atomic E-state index is 13.3. The third-order valence-corrected chi connectivity index (χ3v) is 8.72. The maximum Gasteiger partial charge on any atom is 0.329 e. The Kier molecular flexibility index (Phi) is 9.97. The summed E-state index contributed by atoms with van der Waals surface area (Å²) < 4.78 is 25.4. The molecule has 252 valence electrons. The van der Waals surface area contributed by atoms with Crippen LogP contribution in [0.2, 0.25) is 0 Å². The number of nitrogens with zero attached hydrogens (tertiary/aromatic N) is 4. The predicted octanol–water partition coefficient (Wildman–Crippen LogP) is 5.07. The van der Waals surface area contributed by atoms with E-state index in [1.165, 1.54) is 6.33 Å². The number of hydrogen-bond donors (Lipinski definition) is 2. The van der Waals surface area contributed by atoms with E-state index in [9.17, 15) is 14.4 Å². The van der Waals surface area contributed by atoms with Gasteiger partial charge in [-0.3, -0.25) is 10.1 Å². The van der Waals surface area contributed by atoms with E-state index in [0.717, 1.165) is 24.0 Å². The number of hydrogen-bond acceptors (Lipinski definition) is 10. The van der Waals surface area contributed by atoms with Crippen LogP contribution in [0.1, 0.15) is 63.6 Å². The van der Waals surface area contributed by atoms with Crippen molar-refractivity contribution in [3.05, 3.63) is 84.4 Å². The van der Waals surface area contributed by atoms with Gasteiger partial charge in [-0.2, -0.15) is 0 Å². The molecule has 0 spiro atoms. The highest BCUT2D eigenvalue weighted by atomic mass is 16.8. The highest BCUT2D eigenvalue weighted by Gasteiger charge is 2.54. The molecule has 2 fully saturated rings. The molecule has 1 saturated heterocycles. The van der Waals surface area contributed by atoms with E-state index in [2.05, 4.69) is 32.5 Å². The van der Waals surface area contributed by atoms with Crippen LogP contribution in [0.15, 0.2) is 73.3 Å². The van der Waals surface area contributed by atoms with Gasteiger partial charge in [0.25, 0.3) is 0 Å². The fourth-order valence-corrected chi connectivity index (χ4v) is 6.37. The largest absolute Gasteiger partial charge is 0.461 e. The molecule has 3 heterocycles. The number of urea groups is 1. The number of ether oxygens (including phenoxy) is 4. The Morgan fingerprint density at radius 2 is 1.60 bits per heavy atom. The van der Waals surface area contributed by atoms with Gasteiger partial charge in [-0.1, -0.05) is 74.0 Å². The van der Waals surface area contributed by atoms with E-state index in [0.29, 0.717) is 17.1 Å². The molecule has 2 aliphatic rings. The second-order valence-corrected chi connectivity index (χ2v) is 12.5. The summed E-state index contributed by atoms with van der Waals surface area (Å²) in [5.41, 5.74) is 2.54. The Morgan fingerprint density at radius 3 is 2.29 bits per heavy atom. The minimum Gasteiger partial charge on any atom is -0.461 e. The van der Waals surface area contributed by atoms with Crippen molar-refractivity contribution in [1.29, 1.82) is 0 Å². The minimum atomic E-state index is -1.14. The molecule has 2 aromatic heterocycles.